The average molecular weight is 346 g/mol. The van der Waals surface area contributed by atoms with E-state index in [0.717, 1.165) is 38.9 Å². The molecule has 0 saturated carbocycles. The summed E-state index contributed by atoms with van der Waals surface area (Å²) >= 11 is 6.21. The number of phenols is 1. The molecule has 0 aliphatic heterocycles. The van der Waals surface area contributed by atoms with Crippen LogP contribution in [0, 0.1) is 6.92 Å². The third-order valence-electron chi connectivity index (χ3n) is 4.28. The number of fused-ring (bicyclic) bond motifs is 1. The van der Waals surface area contributed by atoms with Gasteiger partial charge in [-0.1, -0.05) is 53.6 Å². The minimum Gasteiger partial charge on any atom is -0.507 e. The number of halogens is 1. The predicted molar refractivity (Wildman–Crippen MR) is 104 cm³/mol. The van der Waals surface area contributed by atoms with Crippen LogP contribution in [0.1, 0.15) is 5.56 Å². The molecule has 3 aromatic carbocycles. The van der Waals surface area contributed by atoms with Crippen LogP contribution in [-0.2, 0) is 0 Å². The summed E-state index contributed by atoms with van der Waals surface area (Å²) < 4.78 is 0. The zero-order valence-electron chi connectivity index (χ0n) is 13.7. The normalized spacial score (nSPS) is 11.0. The molecule has 0 aliphatic rings. The Bertz CT molecular complexity index is 1070. The number of rotatable bonds is 2. The summed E-state index contributed by atoms with van der Waals surface area (Å²) in [5.41, 5.74) is 5.53. The highest BCUT2D eigenvalue weighted by Crippen LogP contribution is 2.36. The minimum absolute atomic E-state index is 0.227. The molecule has 1 aromatic heterocycles. The van der Waals surface area contributed by atoms with E-state index in [1.54, 1.807) is 6.07 Å². The molecule has 0 atom stereocenters. The van der Waals surface area contributed by atoms with Crippen molar-refractivity contribution in [2.75, 3.05) is 0 Å². The largest absolute Gasteiger partial charge is 0.507 e. The fourth-order valence-electron chi connectivity index (χ4n) is 3.05. The number of hydrogen-bond donors (Lipinski definition) is 1. The maximum Gasteiger partial charge on any atom is 0.124 e. The van der Waals surface area contributed by atoms with Crippen molar-refractivity contribution in [1.29, 1.82) is 0 Å². The molecule has 4 rings (SSSR count). The first-order valence-electron chi connectivity index (χ1n) is 8.07. The Morgan fingerprint density at radius 2 is 1.64 bits per heavy atom. The van der Waals surface area contributed by atoms with Crippen LogP contribution in [0.25, 0.3) is 33.3 Å². The third-order valence-corrected chi connectivity index (χ3v) is 4.52. The lowest BCUT2D eigenvalue weighted by atomic mass is 9.97. The van der Waals surface area contributed by atoms with Gasteiger partial charge in [0.15, 0.2) is 0 Å². The predicted octanol–water partition coefficient (Wildman–Crippen LogP) is 6.24. The van der Waals surface area contributed by atoms with Crippen LogP contribution < -0.4 is 0 Å². The highest BCUT2D eigenvalue weighted by atomic mass is 35.5. The van der Waals surface area contributed by atoms with Gasteiger partial charge in [0.1, 0.15) is 5.75 Å². The summed E-state index contributed by atoms with van der Waals surface area (Å²) in [5, 5.41) is 12.0. The van der Waals surface area contributed by atoms with Gasteiger partial charge < -0.3 is 5.11 Å². The number of hydrogen-bond acceptors (Lipinski definition) is 2. The highest BCUT2D eigenvalue weighted by molar-refractivity contribution is 6.31. The lowest BCUT2D eigenvalue weighted by molar-refractivity contribution is 0.477. The molecule has 4 aromatic rings. The van der Waals surface area contributed by atoms with Crippen LogP contribution >= 0.6 is 11.6 Å². The first-order valence-corrected chi connectivity index (χ1v) is 8.45. The van der Waals surface area contributed by atoms with Gasteiger partial charge in [-0.3, -0.25) is 0 Å². The Kier molecular flexibility index (Phi) is 3.90. The standard InChI is InChI=1S/C22H16ClNO/c1-14-7-10-22(25)19(11-14)21-13-17(15-5-3-2-4-6-15)18-12-16(23)8-9-20(18)24-21/h2-13,25H,1H3. The van der Waals surface area contributed by atoms with Crippen molar-refractivity contribution in [3.8, 4) is 28.1 Å². The van der Waals surface area contributed by atoms with E-state index >= 15 is 0 Å². The van der Waals surface area contributed by atoms with Crippen LogP contribution in [0.5, 0.6) is 5.75 Å². The van der Waals surface area contributed by atoms with Crippen molar-refractivity contribution in [2.45, 2.75) is 6.92 Å². The number of aromatic nitrogens is 1. The monoisotopic (exact) mass is 345 g/mol. The molecule has 0 spiro atoms. The van der Waals surface area contributed by atoms with Crippen molar-refractivity contribution >= 4 is 22.5 Å². The molecule has 122 valence electrons. The Labute approximate surface area is 151 Å². The zero-order valence-corrected chi connectivity index (χ0v) is 14.5. The smallest absolute Gasteiger partial charge is 0.124 e. The van der Waals surface area contributed by atoms with Gasteiger partial charge in [-0.05, 0) is 54.4 Å². The molecule has 0 amide bonds. The van der Waals surface area contributed by atoms with Crippen LogP contribution in [-0.4, -0.2) is 10.1 Å². The second-order valence-electron chi connectivity index (χ2n) is 6.10. The Morgan fingerprint density at radius 1 is 0.840 bits per heavy atom. The average Bonchev–Trinajstić information content (AvgIpc) is 2.63. The molecule has 0 saturated heterocycles. The van der Waals surface area contributed by atoms with Gasteiger partial charge in [0.2, 0.25) is 0 Å². The van der Waals surface area contributed by atoms with E-state index in [1.165, 1.54) is 0 Å². The molecular formula is C22H16ClNO. The molecule has 25 heavy (non-hydrogen) atoms. The molecule has 0 bridgehead atoms. The van der Waals surface area contributed by atoms with Gasteiger partial charge in [0.25, 0.3) is 0 Å². The van der Waals surface area contributed by atoms with Gasteiger partial charge >= 0.3 is 0 Å². The lowest BCUT2D eigenvalue weighted by Crippen LogP contribution is -1.91. The second kappa shape index (κ2) is 6.23. The highest BCUT2D eigenvalue weighted by Gasteiger charge is 2.12. The van der Waals surface area contributed by atoms with Crippen molar-refractivity contribution in [3.63, 3.8) is 0 Å². The molecule has 0 aliphatic carbocycles. The minimum atomic E-state index is 0.227. The molecule has 2 nitrogen and oxygen atoms in total. The van der Waals surface area contributed by atoms with Gasteiger partial charge in [0.05, 0.1) is 11.2 Å². The maximum atomic E-state index is 10.3. The fraction of sp³-hybridized carbons (Fsp3) is 0.0455. The molecule has 0 radical (unpaired) electrons. The van der Waals surface area contributed by atoms with Crippen molar-refractivity contribution < 1.29 is 5.11 Å². The van der Waals surface area contributed by atoms with Crippen molar-refractivity contribution in [3.05, 3.63) is 83.4 Å². The summed E-state index contributed by atoms with van der Waals surface area (Å²) in [5.74, 6) is 0.227. The number of benzene rings is 3. The molecule has 1 N–H and O–H groups in total. The van der Waals surface area contributed by atoms with Crippen LogP contribution in [0.15, 0.2) is 72.8 Å². The first-order chi connectivity index (χ1) is 12.1. The molecule has 3 heteroatoms. The van der Waals surface area contributed by atoms with Gasteiger partial charge in [-0.2, -0.15) is 0 Å². The fourth-order valence-corrected chi connectivity index (χ4v) is 3.22. The second-order valence-corrected chi connectivity index (χ2v) is 6.54. The van der Waals surface area contributed by atoms with E-state index < -0.39 is 0 Å². The summed E-state index contributed by atoms with van der Waals surface area (Å²) in [6.45, 7) is 2.00. The van der Waals surface area contributed by atoms with E-state index in [4.69, 9.17) is 16.6 Å². The SMILES string of the molecule is Cc1ccc(O)c(-c2cc(-c3ccccc3)c3cc(Cl)ccc3n2)c1. The Balaban J connectivity index is 2.05. The molecule has 0 unspecified atom stereocenters. The summed E-state index contributed by atoms with van der Waals surface area (Å²) in [4.78, 5) is 4.76. The maximum absolute atomic E-state index is 10.3. The van der Waals surface area contributed by atoms with Gasteiger partial charge in [0, 0.05) is 16.0 Å². The first kappa shape index (κ1) is 15.7. The van der Waals surface area contributed by atoms with Gasteiger partial charge in [-0.15, -0.1) is 0 Å². The third kappa shape index (κ3) is 2.97. The molecule has 1 heterocycles. The van der Waals surface area contributed by atoms with E-state index in [2.05, 4.69) is 12.1 Å². The van der Waals surface area contributed by atoms with E-state index in [0.29, 0.717) is 5.02 Å². The Hall–Kier alpha value is -2.84. The lowest BCUT2D eigenvalue weighted by Gasteiger charge is -2.12. The zero-order chi connectivity index (χ0) is 17.4. The summed E-state index contributed by atoms with van der Waals surface area (Å²) in [7, 11) is 0. The van der Waals surface area contributed by atoms with Crippen LogP contribution in [0.4, 0.5) is 0 Å². The summed E-state index contributed by atoms with van der Waals surface area (Å²) in [6.07, 6.45) is 0. The van der Waals surface area contributed by atoms with Crippen molar-refractivity contribution in [1.82, 2.24) is 4.98 Å². The number of aryl methyl sites for hydroxylation is 1. The number of nitrogens with zero attached hydrogens (tertiary/aromatic N) is 1. The van der Waals surface area contributed by atoms with E-state index in [1.807, 2.05) is 61.5 Å². The number of pyridine rings is 1. The number of aromatic hydroxyl groups is 1. The van der Waals surface area contributed by atoms with E-state index in [9.17, 15) is 5.11 Å². The molecule has 0 fully saturated rings. The topological polar surface area (TPSA) is 33.1 Å². The van der Waals surface area contributed by atoms with Crippen LogP contribution in [0.3, 0.4) is 0 Å². The molecular weight excluding hydrogens is 330 g/mol. The van der Waals surface area contributed by atoms with Crippen molar-refractivity contribution in [2.24, 2.45) is 0 Å². The van der Waals surface area contributed by atoms with E-state index in [-0.39, 0.29) is 5.75 Å². The Morgan fingerprint density at radius 3 is 2.44 bits per heavy atom. The number of phenolic OH excluding ortho intramolecular Hbond substituents is 1. The quantitative estimate of drug-likeness (QED) is 0.466. The summed E-state index contributed by atoms with van der Waals surface area (Å²) in [6, 6.07) is 23.4. The van der Waals surface area contributed by atoms with Gasteiger partial charge in [-0.25, -0.2) is 4.98 Å². The van der Waals surface area contributed by atoms with Crippen LogP contribution in [0.2, 0.25) is 5.02 Å².